The average molecular weight is 379 g/mol. The van der Waals surface area contributed by atoms with Crippen molar-refractivity contribution in [3.05, 3.63) is 71.0 Å². The SMILES string of the molecule is COCc1n[nH]c(C)c1-c1cccc(C(=O)N[C@H](C)c2ccc(OC)cc2)c1. The van der Waals surface area contributed by atoms with Crippen molar-refractivity contribution in [2.45, 2.75) is 26.5 Å². The number of nitrogens with one attached hydrogen (secondary N) is 2. The highest BCUT2D eigenvalue weighted by Crippen LogP contribution is 2.27. The van der Waals surface area contributed by atoms with E-state index in [0.717, 1.165) is 33.8 Å². The van der Waals surface area contributed by atoms with Gasteiger partial charge in [0, 0.05) is 23.9 Å². The van der Waals surface area contributed by atoms with Crippen LogP contribution in [0.25, 0.3) is 11.1 Å². The number of carbonyl (C=O) groups excluding carboxylic acids is 1. The van der Waals surface area contributed by atoms with Gasteiger partial charge in [-0.25, -0.2) is 0 Å². The van der Waals surface area contributed by atoms with Crippen LogP contribution in [0.3, 0.4) is 0 Å². The molecule has 2 N–H and O–H groups in total. The summed E-state index contributed by atoms with van der Waals surface area (Å²) in [6.45, 7) is 4.32. The molecule has 6 nitrogen and oxygen atoms in total. The molecule has 0 saturated heterocycles. The summed E-state index contributed by atoms with van der Waals surface area (Å²) in [5.41, 5.74) is 5.28. The monoisotopic (exact) mass is 379 g/mol. The van der Waals surface area contributed by atoms with E-state index in [4.69, 9.17) is 9.47 Å². The van der Waals surface area contributed by atoms with Crippen LogP contribution in [0.2, 0.25) is 0 Å². The molecule has 0 bridgehead atoms. The second-order valence-electron chi connectivity index (χ2n) is 6.65. The molecule has 0 radical (unpaired) electrons. The summed E-state index contributed by atoms with van der Waals surface area (Å²) in [5, 5.41) is 10.3. The quantitative estimate of drug-likeness (QED) is 0.650. The molecule has 3 aromatic rings. The van der Waals surface area contributed by atoms with Crippen molar-refractivity contribution < 1.29 is 14.3 Å². The first-order valence-electron chi connectivity index (χ1n) is 9.11. The number of amides is 1. The number of H-pyrrole nitrogens is 1. The standard InChI is InChI=1S/C22H25N3O3/c1-14(16-8-10-19(28-4)11-9-16)23-22(26)18-7-5-6-17(12-18)21-15(2)24-25-20(21)13-27-3/h5-12,14H,13H2,1-4H3,(H,23,26)(H,24,25)/t14-/m1/s1. The minimum atomic E-state index is -0.125. The third kappa shape index (κ3) is 4.23. The normalized spacial score (nSPS) is 11.9. The van der Waals surface area contributed by atoms with E-state index in [9.17, 15) is 4.79 Å². The molecule has 0 spiro atoms. The fourth-order valence-corrected chi connectivity index (χ4v) is 3.18. The van der Waals surface area contributed by atoms with Crippen LogP contribution in [0.15, 0.2) is 48.5 Å². The lowest BCUT2D eigenvalue weighted by molar-refractivity contribution is 0.0940. The molecule has 1 amide bonds. The van der Waals surface area contributed by atoms with Crippen molar-refractivity contribution >= 4 is 5.91 Å². The van der Waals surface area contributed by atoms with E-state index in [1.165, 1.54) is 0 Å². The van der Waals surface area contributed by atoms with E-state index < -0.39 is 0 Å². The van der Waals surface area contributed by atoms with Crippen LogP contribution in [0.1, 0.15) is 40.3 Å². The molecule has 146 valence electrons. The number of methoxy groups -OCH3 is 2. The van der Waals surface area contributed by atoms with Crippen LogP contribution in [0.4, 0.5) is 0 Å². The van der Waals surface area contributed by atoms with Gasteiger partial charge in [-0.05, 0) is 49.2 Å². The summed E-state index contributed by atoms with van der Waals surface area (Å²) < 4.78 is 10.4. The Bertz CT molecular complexity index is 948. The van der Waals surface area contributed by atoms with Crippen molar-refractivity contribution in [2.24, 2.45) is 0 Å². The molecule has 1 atom stereocenters. The Balaban J connectivity index is 1.79. The number of aromatic nitrogens is 2. The van der Waals surface area contributed by atoms with Gasteiger partial charge < -0.3 is 14.8 Å². The highest BCUT2D eigenvalue weighted by Gasteiger charge is 2.16. The Morgan fingerprint density at radius 1 is 1.18 bits per heavy atom. The number of hydrogen-bond acceptors (Lipinski definition) is 4. The zero-order chi connectivity index (χ0) is 20.1. The van der Waals surface area contributed by atoms with Crippen molar-refractivity contribution in [3.8, 4) is 16.9 Å². The van der Waals surface area contributed by atoms with Crippen molar-refractivity contribution in [1.82, 2.24) is 15.5 Å². The van der Waals surface area contributed by atoms with Crippen LogP contribution in [0, 0.1) is 6.92 Å². The minimum Gasteiger partial charge on any atom is -0.497 e. The molecule has 0 saturated carbocycles. The highest BCUT2D eigenvalue weighted by molar-refractivity contribution is 5.95. The van der Waals surface area contributed by atoms with Gasteiger partial charge in [0.1, 0.15) is 5.75 Å². The smallest absolute Gasteiger partial charge is 0.251 e. The molecule has 0 aliphatic rings. The van der Waals surface area contributed by atoms with Gasteiger partial charge in [-0.1, -0.05) is 24.3 Å². The first-order chi connectivity index (χ1) is 13.5. The number of ether oxygens (including phenoxy) is 2. The number of rotatable bonds is 7. The second kappa shape index (κ2) is 8.71. The summed E-state index contributed by atoms with van der Waals surface area (Å²) in [7, 11) is 3.27. The van der Waals surface area contributed by atoms with Crippen molar-refractivity contribution in [2.75, 3.05) is 14.2 Å². The van der Waals surface area contributed by atoms with E-state index in [-0.39, 0.29) is 11.9 Å². The van der Waals surface area contributed by atoms with E-state index in [0.29, 0.717) is 12.2 Å². The van der Waals surface area contributed by atoms with Gasteiger partial charge in [-0.3, -0.25) is 9.89 Å². The summed E-state index contributed by atoms with van der Waals surface area (Å²) in [6.07, 6.45) is 0. The molecular weight excluding hydrogens is 354 g/mol. The molecule has 1 aromatic heterocycles. The fraction of sp³-hybridized carbons (Fsp3) is 0.273. The van der Waals surface area contributed by atoms with Crippen LogP contribution in [-0.4, -0.2) is 30.3 Å². The lowest BCUT2D eigenvalue weighted by Gasteiger charge is -2.15. The van der Waals surface area contributed by atoms with Gasteiger partial charge in [0.15, 0.2) is 0 Å². The summed E-state index contributed by atoms with van der Waals surface area (Å²) in [6, 6.07) is 15.1. The van der Waals surface area contributed by atoms with Gasteiger partial charge in [0.05, 0.1) is 25.5 Å². The average Bonchev–Trinajstić information content (AvgIpc) is 3.08. The van der Waals surface area contributed by atoms with Gasteiger partial charge >= 0.3 is 0 Å². The third-order valence-electron chi connectivity index (χ3n) is 4.68. The fourth-order valence-electron chi connectivity index (χ4n) is 3.18. The Morgan fingerprint density at radius 2 is 1.93 bits per heavy atom. The van der Waals surface area contributed by atoms with Gasteiger partial charge in [0.25, 0.3) is 5.91 Å². The first kappa shape index (κ1) is 19.6. The van der Waals surface area contributed by atoms with Crippen LogP contribution in [-0.2, 0) is 11.3 Å². The molecule has 2 aromatic carbocycles. The van der Waals surface area contributed by atoms with Gasteiger partial charge in [-0.15, -0.1) is 0 Å². The molecule has 28 heavy (non-hydrogen) atoms. The van der Waals surface area contributed by atoms with Gasteiger partial charge in [0.2, 0.25) is 0 Å². The third-order valence-corrected chi connectivity index (χ3v) is 4.68. The molecule has 1 heterocycles. The van der Waals surface area contributed by atoms with E-state index in [1.807, 2.05) is 62.4 Å². The Morgan fingerprint density at radius 3 is 2.61 bits per heavy atom. The summed E-state index contributed by atoms with van der Waals surface area (Å²) >= 11 is 0. The zero-order valence-corrected chi connectivity index (χ0v) is 16.6. The summed E-state index contributed by atoms with van der Waals surface area (Å²) in [5.74, 6) is 0.664. The van der Waals surface area contributed by atoms with Crippen LogP contribution >= 0.6 is 0 Å². The maximum absolute atomic E-state index is 12.8. The van der Waals surface area contributed by atoms with Crippen molar-refractivity contribution in [1.29, 1.82) is 0 Å². The van der Waals surface area contributed by atoms with Crippen molar-refractivity contribution in [3.63, 3.8) is 0 Å². The Kier molecular flexibility index (Phi) is 6.11. The number of aromatic amines is 1. The van der Waals surface area contributed by atoms with E-state index in [2.05, 4.69) is 15.5 Å². The maximum Gasteiger partial charge on any atom is 0.251 e. The molecule has 0 aliphatic carbocycles. The first-order valence-corrected chi connectivity index (χ1v) is 9.11. The number of nitrogens with zero attached hydrogens (tertiary/aromatic N) is 1. The molecule has 0 fully saturated rings. The Labute approximate surface area is 164 Å². The predicted octanol–water partition coefficient (Wildman–Crippen LogP) is 4.03. The molecule has 6 heteroatoms. The minimum absolute atomic E-state index is 0.123. The number of benzene rings is 2. The molecule has 3 rings (SSSR count). The topological polar surface area (TPSA) is 76.2 Å². The number of carbonyl (C=O) groups is 1. The molecule has 0 unspecified atom stereocenters. The largest absolute Gasteiger partial charge is 0.497 e. The lowest BCUT2D eigenvalue weighted by atomic mass is 10.0. The molecular formula is C22H25N3O3. The van der Waals surface area contributed by atoms with Gasteiger partial charge in [-0.2, -0.15) is 5.10 Å². The lowest BCUT2D eigenvalue weighted by Crippen LogP contribution is -2.26. The van der Waals surface area contributed by atoms with E-state index in [1.54, 1.807) is 14.2 Å². The Hall–Kier alpha value is -3.12. The molecule has 0 aliphatic heterocycles. The zero-order valence-electron chi connectivity index (χ0n) is 16.6. The van der Waals surface area contributed by atoms with E-state index >= 15 is 0 Å². The number of hydrogen-bond donors (Lipinski definition) is 2. The highest BCUT2D eigenvalue weighted by atomic mass is 16.5. The maximum atomic E-state index is 12.8. The van der Waals surface area contributed by atoms with Crippen LogP contribution in [0.5, 0.6) is 5.75 Å². The summed E-state index contributed by atoms with van der Waals surface area (Å²) in [4.78, 5) is 12.8. The predicted molar refractivity (Wildman–Crippen MR) is 108 cm³/mol. The van der Waals surface area contributed by atoms with Crippen LogP contribution < -0.4 is 10.1 Å². The number of aryl methyl sites for hydroxylation is 1. The second-order valence-corrected chi connectivity index (χ2v) is 6.65.